The van der Waals surface area contributed by atoms with Crippen LogP contribution >= 0.6 is 0 Å². The molecular formula is C31H33N7O6. The molecule has 2 unspecified atom stereocenters. The van der Waals surface area contributed by atoms with Crippen molar-refractivity contribution in [1.82, 2.24) is 29.3 Å². The number of aromatic nitrogens is 4. The van der Waals surface area contributed by atoms with Crippen LogP contribution in [-0.2, 0) is 26.2 Å². The number of piperidine rings is 1. The fourth-order valence-electron chi connectivity index (χ4n) is 6.09. The number of amides is 4. The van der Waals surface area contributed by atoms with Crippen molar-refractivity contribution in [2.24, 2.45) is 12.5 Å². The minimum absolute atomic E-state index is 0.0921. The number of carbonyl (C=O) groups excluding carboxylic acids is 4. The predicted octanol–water partition coefficient (Wildman–Crippen LogP) is 1.87. The molecular weight excluding hydrogens is 566 g/mol. The number of fused-ring (bicyclic) bond motifs is 1. The number of imidazole rings is 1. The molecule has 6 rings (SSSR count). The largest absolute Gasteiger partial charge is 0.444 e. The molecule has 3 aliphatic heterocycles. The summed E-state index contributed by atoms with van der Waals surface area (Å²) in [7, 11) is 1.63. The lowest BCUT2D eigenvalue weighted by Crippen LogP contribution is -2.44. The molecule has 4 amide bonds. The molecule has 0 saturated carbocycles. The molecule has 13 nitrogen and oxygen atoms in total. The second kappa shape index (κ2) is 10.6. The van der Waals surface area contributed by atoms with E-state index >= 15 is 0 Å². The van der Waals surface area contributed by atoms with E-state index in [1.165, 1.54) is 9.13 Å². The molecule has 3 aliphatic rings. The predicted molar refractivity (Wildman–Crippen MR) is 158 cm³/mol. The summed E-state index contributed by atoms with van der Waals surface area (Å²) in [5.41, 5.74) is 0.760. The normalized spacial score (nSPS) is 22.0. The number of benzene rings is 1. The summed E-state index contributed by atoms with van der Waals surface area (Å²) in [5.74, 6) is 5.46. The van der Waals surface area contributed by atoms with Crippen LogP contribution in [0.5, 0.6) is 0 Å². The number of anilines is 1. The van der Waals surface area contributed by atoms with E-state index in [0.29, 0.717) is 60.6 Å². The van der Waals surface area contributed by atoms with Crippen LogP contribution < -0.4 is 15.9 Å². The molecule has 5 heterocycles. The zero-order chi connectivity index (χ0) is 31.4. The van der Waals surface area contributed by atoms with E-state index in [-0.39, 0.29) is 30.3 Å². The third-order valence-electron chi connectivity index (χ3n) is 8.36. The molecule has 1 N–H and O–H groups in total. The van der Waals surface area contributed by atoms with Gasteiger partial charge in [-0.3, -0.25) is 33.7 Å². The summed E-state index contributed by atoms with van der Waals surface area (Å²) < 4.78 is 8.37. The molecule has 13 heteroatoms. The maximum atomic E-state index is 13.4. The van der Waals surface area contributed by atoms with E-state index in [0.717, 1.165) is 0 Å². The van der Waals surface area contributed by atoms with Crippen molar-refractivity contribution in [3.05, 3.63) is 52.2 Å². The molecule has 1 spiro atoms. The lowest BCUT2D eigenvalue weighted by atomic mass is 9.86. The van der Waals surface area contributed by atoms with Crippen molar-refractivity contribution < 1.29 is 23.9 Å². The smallest absolute Gasteiger partial charge is 0.410 e. The molecule has 44 heavy (non-hydrogen) atoms. The number of hydrogen-bond acceptors (Lipinski definition) is 8. The van der Waals surface area contributed by atoms with E-state index in [1.807, 2.05) is 20.8 Å². The molecule has 2 atom stereocenters. The van der Waals surface area contributed by atoms with Gasteiger partial charge in [0.1, 0.15) is 11.6 Å². The Kier molecular flexibility index (Phi) is 7.02. The van der Waals surface area contributed by atoms with Crippen LogP contribution in [0.1, 0.15) is 63.6 Å². The van der Waals surface area contributed by atoms with Gasteiger partial charge in [0.25, 0.3) is 0 Å². The standard InChI is InChI=1S/C31H33N7O6/c1-30(2,3)44-29(43)36-13-11-31(18-36)12-14-37(26(31)41)27-32-16-20(17-33-27)6-5-19-7-8-21-23(15-19)35(4)28(42)38(21)22-9-10-24(39)34-25(22)40/h7-8,15-17,22H,9-14,18H2,1-4H3,(H,34,39,40). The number of hydrogen-bond donors (Lipinski definition) is 1. The summed E-state index contributed by atoms with van der Waals surface area (Å²) in [4.78, 5) is 75.0. The zero-order valence-corrected chi connectivity index (χ0v) is 25.0. The Labute approximate surface area is 253 Å². The highest BCUT2D eigenvalue weighted by molar-refractivity contribution is 6.00. The Morgan fingerprint density at radius 2 is 1.73 bits per heavy atom. The Hall–Kier alpha value is -4.99. The van der Waals surface area contributed by atoms with Gasteiger partial charge in [0.05, 0.1) is 22.0 Å². The average Bonchev–Trinajstić information content (AvgIpc) is 3.62. The van der Waals surface area contributed by atoms with Crippen molar-refractivity contribution in [2.75, 3.05) is 24.5 Å². The molecule has 0 bridgehead atoms. The van der Waals surface area contributed by atoms with Crippen LogP contribution in [0.4, 0.5) is 10.7 Å². The first-order valence-electron chi connectivity index (χ1n) is 14.5. The minimum atomic E-state index is -0.758. The lowest BCUT2D eigenvalue weighted by Gasteiger charge is -2.26. The molecule has 0 aliphatic carbocycles. The highest BCUT2D eigenvalue weighted by atomic mass is 16.6. The van der Waals surface area contributed by atoms with Gasteiger partial charge in [-0.1, -0.05) is 11.8 Å². The lowest BCUT2D eigenvalue weighted by molar-refractivity contribution is -0.135. The number of carbonyl (C=O) groups is 4. The van der Waals surface area contributed by atoms with E-state index in [1.54, 1.807) is 47.4 Å². The van der Waals surface area contributed by atoms with Crippen molar-refractivity contribution in [3.63, 3.8) is 0 Å². The van der Waals surface area contributed by atoms with Crippen LogP contribution in [0.15, 0.2) is 35.4 Å². The van der Waals surface area contributed by atoms with Crippen LogP contribution in [0, 0.1) is 17.3 Å². The topological polar surface area (TPSA) is 149 Å². The zero-order valence-electron chi connectivity index (χ0n) is 25.0. The fraction of sp³-hybridized carbons (Fsp3) is 0.452. The first kappa shape index (κ1) is 29.1. The van der Waals surface area contributed by atoms with Crippen LogP contribution in [0.3, 0.4) is 0 Å². The van der Waals surface area contributed by atoms with E-state index < -0.39 is 29.1 Å². The Morgan fingerprint density at radius 3 is 2.43 bits per heavy atom. The number of imide groups is 1. The van der Waals surface area contributed by atoms with Crippen LogP contribution in [0.25, 0.3) is 11.0 Å². The van der Waals surface area contributed by atoms with Crippen molar-refractivity contribution in [2.45, 2.75) is 58.1 Å². The first-order valence-corrected chi connectivity index (χ1v) is 14.5. The second-order valence-corrected chi connectivity index (χ2v) is 12.5. The van der Waals surface area contributed by atoms with Gasteiger partial charge in [-0.15, -0.1) is 0 Å². The fourth-order valence-corrected chi connectivity index (χ4v) is 6.09. The monoisotopic (exact) mass is 599 g/mol. The Morgan fingerprint density at radius 1 is 1.02 bits per heavy atom. The van der Waals surface area contributed by atoms with E-state index in [2.05, 4.69) is 27.1 Å². The van der Waals surface area contributed by atoms with Crippen LogP contribution in [-0.4, -0.2) is 73.1 Å². The number of rotatable bonds is 2. The highest BCUT2D eigenvalue weighted by Crippen LogP contribution is 2.42. The van der Waals surface area contributed by atoms with Gasteiger partial charge in [-0.05, 0) is 58.2 Å². The Bertz CT molecular complexity index is 1820. The van der Waals surface area contributed by atoms with Gasteiger partial charge >= 0.3 is 11.8 Å². The summed E-state index contributed by atoms with van der Waals surface area (Å²) >= 11 is 0. The molecule has 2 aromatic heterocycles. The van der Waals surface area contributed by atoms with Gasteiger partial charge in [0.2, 0.25) is 23.7 Å². The quantitative estimate of drug-likeness (QED) is 0.347. The van der Waals surface area contributed by atoms with E-state index in [9.17, 15) is 24.0 Å². The third-order valence-corrected chi connectivity index (χ3v) is 8.36. The Balaban J connectivity index is 1.16. The second-order valence-electron chi connectivity index (χ2n) is 12.5. The summed E-state index contributed by atoms with van der Waals surface area (Å²) in [5, 5.41) is 2.31. The van der Waals surface area contributed by atoms with Crippen LogP contribution in [0.2, 0.25) is 0 Å². The van der Waals surface area contributed by atoms with E-state index in [4.69, 9.17) is 4.74 Å². The molecule has 3 aromatic rings. The number of aryl methyl sites for hydroxylation is 1. The number of nitrogens with one attached hydrogen (secondary N) is 1. The first-order chi connectivity index (χ1) is 20.8. The third kappa shape index (κ3) is 5.21. The van der Waals surface area contributed by atoms with Gasteiger partial charge in [0.15, 0.2) is 0 Å². The maximum absolute atomic E-state index is 13.4. The average molecular weight is 600 g/mol. The molecule has 3 fully saturated rings. The molecule has 3 saturated heterocycles. The summed E-state index contributed by atoms with van der Waals surface area (Å²) in [6.07, 6.45) is 4.31. The maximum Gasteiger partial charge on any atom is 0.410 e. The van der Waals surface area contributed by atoms with Gasteiger partial charge in [-0.2, -0.15) is 0 Å². The molecule has 1 aromatic carbocycles. The van der Waals surface area contributed by atoms with Gasteiger partial charge in [0, 0.05) is 51.1 Å². The summed E-state index contributed by atoms with van der Waals surface area (Å²) in [6.45, 7) is 6.69. The van der Waals surface area contributed by atoms with Gasteiger partial charge in [-0.25, -0.2) is 19.6 Å². The number of ether oxygens (including phenoxy) is 1. The number of likely N-dealkylation sites (tertiary alicyclic amines) is 1. The van der Waals surface area contributed by atoms with Crippen molar-refractivity contribution in [1.29, 1.82) is 0 Å². The SMILES string of the molecule is Cn1c(=O)n(C2CCC(=O)NC2=O)c2ccc(C#Cc3cnc(N4CCC5(CCN(C(=O)OC(C)(C)C)C5)C4=O)nc3)cc21. The highest BCUT2D eigenvalue weighted by Gasteiger charge is 2.53. The molecule has 0 radical (unpaired) electrons. The van der Waals surface area contributed by atoms with Crippen molar-refractivity contribution >= 4 is 40.8 Å². The molecule has 228 valence electrons. The minimum Gasteiger partial charge on any atom is -0.444 e. The summed E-state index contributed by atoms with van der Waals surface area (Å²) in [6, 6.07) is 4.51. The van der Waals surface area contributed by atoms with Gasteiger partial charge < -0.3 is 9.64 Å². The van der Waals surface area contributed by atoms with Crippen molar-refractivity contribution in [3.8, 4) is 11.8 Å². The number of nitrogens with zero attached hydrogens (tertiary/aromatic N) is 6.